The van der Waals surface area contributed by atoms with Crippen molar-refractivity contribution in [3.63, 3.8) is 0 Å². The number of hydrogen-bond donors (Lipinski definition) is 0. The van der Waals surface area contributed by atoms with Crippen LogP contribution in [0.5, 0.6) is 0 Å². The minimum Gasteiger partial charge on any atom is -0.340 e. The summed E-state index contributed by atoms with van der Waals surface area (Å²) in [4.78, 5) is 18.4. The summed E-state index contributed by atoms with van der Waals surface area (Å²) in [5.74, 6) is 0.631. The van der Waals surface area contributed by atoms with Crippen LogP contribution < -0.4 is 0 Å². The molecule has 2 atom stereocenters. The van der Waals surface area contributed by atoms with Crippen molar-refractivity contribution in [1.82, 2.24) is 14.7 Å². The first kappa shape index (κ1) is 16.4. The average molecular weight is 319 g/mol. The van der Waals surface area contributed by atoms with Crippen LogP contribution in [0.25, 0.3) is 0 Å². The minimum absolute atomic E-state index is 0.176. The summed E-state index contributed by atoms with van der Waals surface area (Å²) in [6.07, 6.45) is 0. The molecule has 1 amide bonds. The topological polar surface area (TPSA) is 26.8 Å². The molecule has 0 aliphatic carbocycles. The van der Waals surface area contributed by atoms with Crippen LogP contribution in [-0.2, 0) is 11.3 Å². The zero-order valence-corrected chi connectivity index (χ0v) is 14.0. The number of benzene rings is 1. The highest BCUT2D eigenvalue weighted by Gasteiger charge is 2.35. The van der Waals surface area contributed by atoms with Gasteiger partial charge >= 0.3 is 0 Å². The fourth-order valence-corrected chi connectivity index (χ4v) is 3.87. The molecule has 23 heavy (non-hydrogen) atoms. The predicted molar refractivity (Wildman–Crippen MR) is 88.5 cm³/mol. The van der Waals surface area contributed by atoms with Crippen LogP contribution in [0.2, 0.25) is 0 Å². The number of carbonyl (C=O) groups is 1. The van der Waals surface area contributed by atoms with E-state index in [-0.39, 0.29) is 11.7 Å². The van der Waals surface area contributed by atoms with Gasteiger partial charge in [0.05, 0.1) is 0 Å². The van der Waals surface area contributed by atoms with Crippen molar-refractivity contribution in [2.45, 2.75) is 26.4 Å². The van der Waals surface area contributed by atoms with E-state index >= 15 is 0 Å². The summed E-state index contributed by atoms with van der Waals surface area (Å²) in [5, 5.41) is 0. The van der Waals surface area contributed by atoms with Gasteiger partial charge in [0.25, 0.3) is 0 Å². The van der Waals surface area contributed by atoms with E-state index in [4.69, 9.17) is 0 Å². The van der Waals surface area contributed by atoms with Crippen LogP contribution in [-0.4, -0.2) is 65.9 Å². The first-order chi connectivity index (χ1) is 11.0. The number of carbonyl (C=O) groups excluding carboxylic acids is 1. The van der Waals surface area contributed by atoms with Gasteiger partial charge in [0.15, 0.2) is 0 Å². The molecule has 2 aliphatic rings. The van der Waals surface area contributed by atoms with E-state index in [9.17, 15) is 9.18 Å². The summed E-state index contributed by atoms with van der Waals surface area (Å²) < 4.78 is 13.0. The summed E-state index contributed by atoms with van der Waals surface area (Å²) in [6, 6.07) is 7.38. The molecule has 0 spiro atoms. The van der Waals surface area contributed by atoms with Crippen molar-refractivity contribution in [3.05, 3.63) is 35.6 Å². The third-order valence-corrected chi connectivity index (χ3v) is 5.20. The molecule has 0 N–H and O–H groups in total. The quantitative estimate of drug-likeness (QED) is 0.850. The van der Waals surface area contributed by atoms with Gasteiger partial charge in [0.2, 0.25) is 5.91 Å². The fourth-order valence-electron chi connectivity index (χ4n) is 3.87. The van der Waals surface area contributed by atoms with Crippen molar-refractivity contribution in [1.29, 1.82) is 0 Å². The monoisotopic (exact) mass is 319 g/mol. The molecule has 3 rings (SSSR count). The van der Waals surface area contributed by atoms with E-state index in [0.717, 1.165) is 45.8 Å². The highest BCUT2D eigenvalue weighted by Crippen LogP contribution is 2.24. The van der Waals surface area contributed by atoms with Crippen LogP contribution in [0.4, 0.5) is 4.39 Å². The second-order valence-electron chi connectivity index (χ2n) is 6.91. The van der Waals surface area contributed by atoms with E-state index in [1.54, 1.807) is 6.92 Å². The number of nitrogens with zero attached hydrogens (tertiary/aromatic N) is 3. The molecule has 2 heterocycles. The van der Waals surface area contributed by atoms with Crippen LogP contribution in [0.15, 0.2) is 24.3 Å². The molecule has 0 aromatic heterocycles. The molecular formula is C18H26FN3O. The molecule has 0 saturated carbocycles. The van der Waals surface area contributed by atoms with Crippen LogP contribution in [0, 0.1) is 11.7 Å². The normalized spacial score (nSPS) is 26.7. The molecule has 2 aliphatic heterocycles. The highest BCUT2D eigenvalue weighted by molar-refractivity contribution is 5.73. The molecule has 1 aromatic rings. The van der Waals surface area contributed by atoms with Gasteiger partial charge in [-0.05, 0) is 23.6 Å². The maximum atomic E-state index is 13.0. The lowest BCUT2D eigenvalue weighted by molar-refractivity contribution is -0.130. The molecule has 0 unspecified atom stereocenters. The molecule has 0 radical (unpaired) electrons. The fraction of sp³-hybridized carbons (Fsp3) is 0.611. The number of rotatable bonds is 3. The van der Waals surface area contributed by atoms with E-state index < -0.39 is 0 Å². The van der Waals surface area contributed by atoms with Crippen LogP contribution in [0.1, 0.15) is 19.4 Å². The Kier molecular flexibility index (Phi) is 4.97. The smallest absolute Gasteiger partial charge is 0.219 e. The Balaban J connectivity index is 1.54. The Labute approximate surface area is 137 Å². The van der Waals surface area contributed by atoms with E-state index in [1.807, 2.05) is 17.0 Å². The standard InChI is InChI=1S/C18H26FN3O/c1-14-11-20(12-16-3-5-17(19)6-4-16)13-18(14)22-9-7-21(8-10-22)15(2)23/h3-6,14,18H,7-13H2,1-2H3/t14-,18-/m0/s1. The highest BCUT2D eigenvalue weighted by atomic mass is 19.1. The average Bonchev–Trinajstić information content (AvgIpc) is 2.90. The lowest BCUT2D eigenvalue weighted by Crippen LogP contribution is -2.53. The Morgan fingerprint density at radius 1 is 1.13 bits per heavy atom. The van der Waals surface area contributed by atoms with E-state index in [1.165, 1.54) is 17.7 Å². The lowest BCUT2D eigenvalue weighted by Gasteiger charge is -2.39. The maximum Gasteiger partial charge on any atom is 0.219 e. The second kappa shape index (κ2) is 6.97. The molecule has 126 valence electrons. The Morgan fingerprint density at radius 3 is 2.39 bits per heavy atom. The van der Waals surface area contributed by atoms with Crippen molar-refractivity contribution in [2.24, 2.45) is 5.92 Å². The zero-order chi connectivity index (χ0) is 16.4. The zero-order valence-electron chi connectivity index (χ0n) is 14.0. The Bertz CT molecular complexity index is 540. The summed E-state index contributed by atoms with van der Waals surface area (Å²) in [6.45, 7) is 10.6. The molecule has 2 fully saturated rings. The van der Waals surface area contributed by atoms with Crippen LogP contribution in [0.3, 0.4) is 0 Å². The second-order valence-corrected chi connectivity index (χ2v) is 6.91. The largest absolute Gasteiger partial charge is 0.340 e. The molecule has 5 heteroatoms. The van der Waals surface area contributed by atoms with Gasteiger partial charge in [0.1, 0.15) is 5.82 Å². The molecule has 4 nitrogen and oxygen atoms in total. The lowest BCUT2D eigenvalue weighted by atomic mass is 10.0. The third-order valence-electron chi connectivity index (χ3n) is 5.20. The third kappa shape index (κ3) is 3.90. The summed E-state index contributed by atoms with van der Waals surface area (Å²) in [5.41, 5.74) is 1.17. The first-order valence-electron chi connectivity index (χ1n) is 8.49. The number of halogens is 1. The Morgan fingerprint density at radius 2 is 1.78 bits per heavy atom. The van der Waals surface area contributed by atoms with Gasteiger partial charge in [-0.2, -0.15) is 0 Å². The number of amides is 1. The van der Waals surface area contributed by atoms with E-state index in [0.29, 0.717) is 12.0 Å². The number of likely N-dealkylation sites (tertiary alicyclic amines) is 1. The molecular weight excluding hydrogens is 293 g/mol. The first-order valence-corrected chi connectivity index (χ1v) is 8.49. The molecule has 2 saturated heterocycles. The van der Waals surface area contributed by atoms with Crippen LogP contribution >= 0.6 is 0 Å². The SMILES string of the molecule is CC(=O)N1CCN([C@H]2CN(Cc3ccc(F)cc3)C[C@@H]2C)CC1. The van der Waals surface area contributed by atoms with Gasteiger partial charge in [-0.15, -0.1) is 0 Å². The predicted octanol–water partition coefficient (Wildman–Crippen LogP) is 1.81. The van der Waals surface area contributed by atoms with Gasteiger partial charge in [0, 0.05) is 58.8 Å². The van der Waals surface area contributed by atoms with E-state index in [2.05, 4.69) is 16.7 Å². The molecule has 1 aromatic carbocycles. The summed E-state index contributed by atoms with van der Waals surface area (Å²) >= 11 is 0. The van der Waals surface area contributed by atoms with Crippen molar-refractivity contribution in [3.8, 4) is 0 Å². The van der Waals surface area contributed by atoms with Crippen molar-refractivity contribution >= 4 is 5.91 Å². The number of hydrogen-bond acceptors (Lipinski definition) is 3. The van der Waals surface area contributed by atoms with Gasteiger partial charge in [-0.25, -0.2) is 4.39 Å². The summed E-state index contributed by atoms with van der Waals surface area (Å²) in [7, 11) is 0. The van der Waals surface area contributed by atoms with Gasteiger partial charge in [-0.3, -0.25) is 14.6 Å². The minimum atomic E-state index is -0.176. The Hall–Kier alpha value is -1.46. The van der Waals surface area contributed by atoms with Crippen molar-refractivity contribution < 1.29 is 9.18 Å². The number of piperazine rings is 1. The van der Waals surface area contributed by atoms with Gasteiger partial charge < -0.3 is 4.90 Å². The maximum absolute atomic E-state index is 13.0. The van der Waals surface area contributed by atoms with Gasteiger partial charge in [-0.1, -0.05) is 19.1 Å². The molecule has 0 bridgehead atoms. The van der Waals surface area contributed by atoms with Crippen molar-refractivity contribution in [2.75, 3.05) is 39.3 Å².